The molecule has 0 saturated heterocycles. The molecule has 0 spiro atoms. The number of aliphatic carboxylic acids is 1. The van der Waals surface area contributed by atoms with E-state index in [0.717, 1.165) is 6.54 Å². The molecule has 0 aromatic heterocycles. The monoisotopic (exact) mass is 284 g/mol. The summed E-state index contributed by atoms with van der Waals surface area (Å²) in [6, 6.07) is 0.0334. The lowest BCUT2D eigenvalue weighted by Gasteiger charge is -2.28. The normalized spacial score (nSPS) is 16.1. The zero-order chi connectivity index (χ0) is 15.0. The number of hydrogen-bond acceptors (Lipinski definition) is 2. The lowest BCUT2D eigenvalue weighted by molar-refractivity contribution is -0.137. The summed E-state index contributed by atoms with van der Waals surface area (Å²) in [6.45, 7) is 5.17. The van der Waals surface area contributed by atoms with Gasteiger partial charge in [0.1, 0.15) is 0 Å². The molecule has 116 valence electrons. The van der Waals surface area contributed by atoms with Crippen molar-refractivity contribution in [3.05, 3.63) is 0 Å². The third-order valence-electron chi connectivity index (χ3n) is 3.94. The SMILES string of the molecule is CC(C)N(CCCC(=O)O)C(=O)NCC1CCCCC1. The highest BCUT2D eigenvalue weighted by atomic mass is 16.4. The molecule has 0 radical (unpaired) electrons. The fourth-order valence-electron chi connectivity index (χ4n) is 2.72. The van der Waals surface area contributed by atoms with Crippen molar-refractivity contribution >= 4 is 12.0 Å². The summed E-state index contributed by atoms with van der Waals surface area (Å²) >= 11 is 0. The van der Waals surface area contributed by atoms with Gasteiger partial charge in [-0.15, -0.1) is 0 Å². The maximum atomic E-state index is 12.2. The zero-order valence-electron chi connectivity index (χ0n) is 12.7. The summed E-state index contributed by atoms with van der Waals surface area (Å²) in [5, 5.41) is 11.7. The number of carboxylic acid groups (broad SMARTS) is 1. The van der Waals surface area contributed by atoms with Gasteiger partial charge in [0, 0.05) is 25.6 Å². The smallest absolute Gasteiger partial charge is 0.317 e. The third-order valence-corrected chi connectivity index (χ3v) is 3.94. The van der Waals surface area contributed by atoms with E-state index in [-0.39, 0.29) is 18.5 Å². The zero-order valence-corrected chi connectivity index (χ0v) is 12.7. The quantitative estimate of drug-likeness (QED) is 0.755. The van der Waals surface area contributed by atoms with Gasteiger partial charge in [0.2, 0.25) is 0 Å². The second kappa shape index (κ2) is 8.82. The lowest BCUT2D eigenvalue weighted by Crippen LogP contribution is -2.46. The molecule has 5 heteroatoms. The summed E-state index contributed by atoms with van der Waals surface area (Å²) in [6.07, 6.45) is 6.89. The maximum absolute atomic E-state index is 12.2. The summed E-state index contributed by atoms with van der Waals surface area (Å²) in [7, 11) is 0. The highest BCUT2D eigenvalue weighted by Crippen LogP contribution is 2.22. The average molecular weight is 284 g/mol. The van der Waals surface area contributed by atoms with Crippen LogP contribution in [0.1, 0.15) is 58.8 Å². The van der Waals surface area contributed by atoms with Crippen molar-refractivity contribution in [1.29, 1.82) is 0 Å². The first-order valence-electron chi connectivity index (χ1n) is 7.77. The molecule has 0 aromatic rings. The minimum atomic E-state index is -0.809. The summed E-state index contributed by atoms with van der Waals surface area (Å²) in [4.78, 5) is 24.4. The Labute approximate surface area is 121 Å². The van der Waals surface area contributed by atoms with Gasteiger partial charge in [0.25, 0.3) is 0 Å². The minimum Gasteiger partial charge on any atom is -0.481 e. The van der Waals surface area contributed by atoms with E-state index in [1.807, 2.05) is 13.8 Å². The van der Waals surface area contributed by atoms with Crippen LogP contribution in [0.5, 0.6) is 0 Å². The number of carbonyl (C=O) groups is 2. The van der Waals surface area contributed by atoms with Gasteiger partial charge in [0.15, 0.2) is 0 Å². The molecule has 2 N–H and O–H groups in total. The molecular formula is C15H28N2O3. The maximum Gasteiger partial charge on any atom is 0.317 e. The molecule has 0 heterocycles. The predicted molar refractivity (Wildman–Crippen MR) is 78.7 cm³/mol. The standard InChI is InChI=1S/C15H28N2O3/c1-12(2)17(10-6-9-14(18)19)15(20)16-11-13-7-4-3-5-8-13/h12-13H,3-11H2,1-2H3,(H,16,20)(H,18,19). The Morgan fingerprint density at radius 2 is 1.90 bits per heavy atom. The van der Waals surface area contributed by atoms with Gasteiger partial charge in [-0.3, -0.25) is 4.79 Å². The number of amides is 2. The summed E-state index contributed by atoms with van der Waals surface area (Å²) in [5.41, 5.74) is 0. The fraction of sp³-hybridized carbons (Fsp3) is 0.867. The van der Waals surface area contributed by atoms with Gasteiger partial charge in [-0.05, 0) is 39.0 Å². The molecular weight excluding hydrogens is 256 g/mol. The number of nitrogens with one attached hydrogen (secondary N) is 1. The van der Waals surface area contributed by atoms with E-state index >= 15 is 0 Å². The largest absolute Gasteiger partial charge is 0.481 e. The van der Waals surface area contributed by atoms with E-state index in [1.165, 1.54) is 32.1 Å². The van der Waals surface area contributed by atoms with E-state index in [0.29, 0.717) is 18.9 Å². The van der Waals surface area contributed by atoms with Gasteiger partial charge in [-0.25, -0.2) is 4.79 Å². The Bertz CT molecular complexity index is 312. The van der Waals surface area contributed by atoms with Crippen LogP contribution < -0.4 is 5.32 Å². The highest BCUT2D eigenvalue weighted by molar-refractivity contribution is 5.74. The van der Waals surface area contributed by atoms with Crippen LogP contribution in [0.2, 0.25) is 0 Å². The molecule has 5 nitrogen and oxygen atoms in total. The Hall–Kier alpha value is -1.26. The molecule has 1 aliphatic carbocycles. The average Bonchev–Trinajstić information content (AvgIpc) is 2.41. The van der Waals surface area contributed by atoms with Crippen LogP contribution in [0.4, 0.5) is 4.79 Å². The van der Waals surface area contributed by atoms with Crippen molar-refractivity contribution in [3.8, 4) is 0 Å². The van der Waals surface area contributed by atoms with Crippen molar-refractivity contribution in [2.24, 2.45) is 5.92 Å². The molecule has 1 aliphatic rings. The molecule has 1 saturated carbocycles. The number of nitrogens with zero attached hydrogens (tertiary/aromatic N) is 1. The molecule has 1 rings (SSSR count). The van der Waals surface area contributed by atoms with Gasteiger partial charge >= 0.3 is 12.0 Å². The van der Waals surface area contributed by atoms with Crippen LogP contribution in [0.25, 0.3) is 0 Å². The number of hydrogen-bond donors (Lipinski definition) is 2. The first-order valence-corrected chi connectivity index (χ1v) is 7.77. The van der Waals surface area contributed by atoms with Crippen molar-refractivity contribution in [3.63, 3.8) is 0 Å². The van der Waals surface area contributed by atoms with Crippen LogP contribution in [-0.4, -0.2) is 41.1 Å². The van der Waals surface area contributed by atoms with Gasteiger partial charge in [0.05, 0.1) is 0 Å². The second-order valence-electron chi connectivity index (χ2n) is 5.97. The van der Waals surface area contributed by atoms with E-state index in [4.69, 9.17) is 5.11 Å². The van der Waals surface area contributed by atoms with Crippen molar-refractivity contribution in [2.75, 3.05) is 13.1 Å². The molecule has 0 unspecified atom stereocenters. The molecule has 1 fully saturated rings. The Balaban J connectivity index is 2.32. The van der Waals surface area contributed by atoms with Crippen molar-refractivity contribution < 1.29 is 14.7 Å². The third kappa shape index (κ3) is 6.26. The molecule has 2 amide bonds. The topological polar surface area (TPSA) is 69.6 Å². The molecule has 0 bridgehead atoms. The number of urea groups is 1. The molecule has 0 atom stereocenters. The van der Waals surface area contributed by atoms with Crippen molar-refractivity contribution in [1.82, 2.24) is 10.2 Å². The van der Waals surface area contributed by atoms with Crippen LogP contribution in [0.3, 0.4) is 0 Å². The van der Waals surface area contributed by atoms with Gasteiger partial charge in [-0.2, -0.15) is 0 Å². The molecule has 20 heavy (non-hydrogen) atoms. The van der Waals surface area contributed by atoms with Crippen LogP contribution in [0, 0.1) is 5.92 Å². The number of rotatable bonds is 7. The van der Waals surface area contributed by atoms with E-state index in [1.54, 1.807) is 4.90 Å². The van der Waals surface area contributed by atoms with Crippen molar-refractivity contribution in [2.45, 2.75) is 64.8 Å². The van der Waals surface area contributed by atoms with Gasteiger partial charge < -0.3 is 15.3 Å². The van der Waals surface area contributed by atoms with E-state index < -0.39 is 5.97 Å². The summed E-state index contributed by atoms with van der Waals surface area (Å²) in [5.74, 6) is -0.197. The Morgan fingerprint density at radius 1 is 1.25 bits per heavy atom. The van der Waals surface area contributed by atoms with Crippen LogP contribution in [0.15, 0.2) is 0 Å². The van der Waals surface area contributed by atoms with Gasteiger partial charge in [-0.1, -0.05) is 19.3 Å². The minimum absolute atomic E-state index is 0.0593. The molecule has 0 aromatic carbocycles. The Morgan fingerprint density at radius 3 is 2.45 bits per heavy atom. The van der Waals surface area contributed by atoms with Crippen LogP contribution >= 0.6 is 0 Å². The van der Waals surface area contributed by atoms with E-state index in [2.05, 4.69) is 5.32 Å². The lowest BCUT2D eigenvalue weighted by atomic mass is 9.89. The number of carboxylic acids is 1. The second-order valence-corrected chi connectivity index (χ2v) is 5.97. The molecule has 0 aliphatic heterocycles. The number of carbonyl (C=O) groups excluding carboxylic acids is 1. The first-order chi connectivity index (χ1) is 9.50. The summed E-state index contributed by atoms with van der Waals surface area (Å²) < 4.78 is 0. The Kier molecular flexibility index (Phi) is 7.41. The van der Waals surface area contributed by atoms with Crippen LogP contribution in [-0.2, 0) is 4.79 Å². The first kappa shape index (κ1) is 16.8. The predicted octanol–water partition coefficient (Wildman–Crippen LogP) is 2.85. The van der Waals surface area contributed by atoms with E-state index in [9.17, 15) is 9.59 Å². The highest BCUT2D eigenvalue weighted by Gasteiger charge is 2.19. The fourth-order valence-corrected chi connectivity index (χ4v) is 2.72.